The molecule has 0 radical (unpaired) electrons. The molecule has 4 heteroatoms. The average molecular weight is 240 g/mol. The SMILES string of the molecule is Cc1csc(CCNC2CCC(O)CC2)n1. The second kappa shape index (κ2) is 5.75. The van der Waals surface area contributed by atoms with Crippen molar-refractivity contribution in [3.8, 4) is 0 Å². The number of hydrogen-bond acceptors (Lipinski definition) is 4. The average Bonchev–Trinajstić information content (AvgIpc) is 2.67. The van der Waals surface area contributed by atoms with Crippen molar-refractivity contribution in [1.29, 1.82) is 0 Å². The molecule has 2 N–H and O–H groups in total. The molecule has 1 saturated carbocycles. The molecule has 0 atom stereocenters. The van der Waals surface area contributed by atoms with Crippen LogP contribution in [0.25, 0.3) is 0 Å². The van der Waals surface area contributed by atoms with Crippen LogP contribution in [0.15, 0.2) is 5.38 Å². The molecule has 0 unspecified atom stereocenters. The summed E-state index contributed by atoms with van der Waals surface area (Å²) in [6, 6.07) is 0.601. The van der Waals surface area contributed by atoms with Gasteiger partial charge in [0.1, 0.15) is 0 Å². The molecule has 90 valence electrons. The fourth-order valence-electron chi connectivity index (χ4n) is 2.18. The van der Waals surface area contributed by atoms with Crippen LogP contribution in [0.2, 0.25) is 0 Å². The summed E-state index contributed by atoms with van der Waals surface area (Å²) in [5.74, 6) is 0. The van der Waals surface area contributed by atoms with Crippen molar-refractivity contribution in [3.05, 3.63) is 16.1 Å². The van der Waals surface area contributed by atoms with Crippen LogP contribution in [-0.4, -0.2) is 28.8 Å². The molecule has 1 aromatic heterocycles. The van der Waals surface area contributed by atoms with E-state index < -0.39 is 0 Å². The number of aliphatic hydroxyl groups excluding tert-OH is 1. The molecule has 2 rings (SSSR count). The first-order valence-electron chi connectivity index (χ1n) is 6.06. The molecule has 0 bridgehead atoms. The number of aryl methyl sites for hydroxylation is 1. The normalized spacial score (nSPS) is 25.9. The highest BCUT2D eigenvalue weighted by molar-refractivity contribution is 7.09. The minimum absolute atomic E-state index is 0.0559. The van der Waals surface area contributed by atoms with Crippen molar-refractivity contribution in [1.82, 2.24) is 10.3 Å². The fraction of sp³-hybridized carbons (Fsp3) is 0.750. The summed E-state index contributed by atoms with van der Waals surface area (Å²) in [5, 5.41) is 16.3. The van der Waals surface area contributed by atoms with Crippen LogP contribution < -0.4 is 5.32 Å². The van der Waals surface area contributed by atoms with E-state index in [9.17, 15) is 5.11 Å². The van der Waals surface area contributed by atoms with Crippen LogP contribution >= 0.6 is 11.3 Å². The Balaban J connectivity index is 1.64. The van der Waals surface area contributed by atoms with E-state index >= 15 is 0 Å². The van der Waals surface area contributed by atoms with Gasteiger partial charge in [0, 0.05) is 30.1 Å². The standard InChI is InChI=1S/C12H20N2OS/c1-9-8-16-12(14-9)6-7-13-10-2-4-11(15)5-3-10/h8,10-11,13,15H,2-7H2,1H3. The fourth-order valence-corrected chi connectivity index (χ4v) is 2.96. The summed E-state index contributed by atoms with van der Waals surface area (Å²) in [4.78, 5) is 4.44. The van der Waals surface area contributed by atoms with Gasteiger partial charge in [0.25, 0.3) is 0 Å². The number of rotatable bonds is 4. The number of thiazole rings is 1. The number of nitrogens with one attached hydrogen (secondary N) is 1. The molecule has 0 aromatic carbocycles. The third-order valence-electron chi connectivity index (χ3n) is 3.14. The molecule has 1 aromatic rings. The van der Waals surface area contributed by atoms with Crippen LogP contribution in [0.5, 0.6) is 0 Å². The van der Waals surface area contributed by atoms with Gasteiger partial charge < -0.3 is 10.4 Å². The maximum atomic E-state index is 9.40. The highest BCUT2D eigenvalue weighted by atomic mass is 32.1. The van der Waals surface area contributed by atoms with Crippen molar-refractivity contribution in [2.24, 2.45) is 0 Å². The van der Waals surface area contributed by atoms with Crippen LogP contribution in [0, 0.1) is 6.92 Å². The van der Waals surface area contributed by atoms with Gasteiger partial charge in [-0.1, -0.05) is 0 Å². The smallest absolute Gasteiger partial charge is 0.0940 e. The molecule has 1 heterocycles. The third-order valence-corrected chi connectivity index (χ3v) is 4.16. The summed E-state index contributed by atoms with van der Waals surface area (Å²) in [5.41, 5.74) is 1.13. The minimum atomic E-state index is -0.0559. The van der Waals surface area contributed by atoms with Gasteiger partial charge in [-0.25, -0.2) is 4.98 Å². The number of aromatic nitrogens is 1. The topological polar surface area (TPSA) is 45.1 Å². The lowest BCUT2D eigenvalue weighted by atomic mass is 9.93. The first kappa shape index (κ1) is 12.0. The monoisotopic (exact) mass is 240 g/mol. The Bertz CT molecular complexity index is 319. The van der Waals surface area contributed by atoms with E-state index in [-0.39, 0.29) is 6.10 Å². The molecule has 1 fully saturated rings. The van der Waals surface area contributed by atoms with Gasteiger partial charge in [-0.15, -0.1) is 11.3 Å². The summed E-state index contributed by atoms with van der Waals surface area (Å²) in [7, 11) is 0. The van der Waals surface area contributed by atoms with Crippen LogP contribution in [0.3, 0.4) is 0 Å². The van der Waals surface area contributed by atoms with Gasteiger partial charge in [0.05, 0.1) is 11.1 Å². The molecule has 1 aliphatic carbocycles. The van der Waals surface area contributed by atoms with Gasteiger partial charge in [0.15, 0.2) is 0 Å². The molecule has 1 aliphatic rings. The van der Waals surface area contributed by atoms with Crippen molar-refractivity contribution >= 4 is 11.3 Å². The van der Waals surface area contributed by atoms with Gasteiger partial charge in [-0.05, 0) is 32.6 Å². The molecule has 3 nitrogen and oxygen atoms in total. The molecule has 0 saturated heterocycles. The Labute approximate surface area is 101 Å². The van der Waals surface area contributed by atoms with Gasteiger partial charge in [0.2, 0.25) is 0 Å². The Morgan fingerprint density at radius 2 is 2.19 bits per heavy atom. The maximum absolute atomic E-state index is 9.40. The van der Waals surface area contributed by atoms with Gasteiger partial charge in [-0.3, -0.25) is 0 Å². The van der Waals surface area contributed by atoms with Crippen LogP contribution in [-0.2, 0) is 6.42 Å². The molecular weight excluding hydrogens is 220 g/mol. The first-order chi connectivity index (χ1) is 7.74. The number of hydrogen-bond donors (Lipinski definition) is 2. The van der Waals surface area contributed by atoms with E-state index in [1.807, 2.05) is 6.92 Å². The molecule has 0 spiro atoms. The van der Waals surface area contributed by atoms with Crippen LogP contribution in [0.4, 0.5) is 0 Å². The Kier molecular flexibility index (Phi) is 4.32. The number of aliphatic hydroxyl groups is 1. The number of nitrogens with zero attached hydrogens (tertiary/aromatic N) is 1. The summed E-state index contributed by atoms with van der Waals surface area (Å²) in [6.07, 6.45) is 5.09. The molecule has 0 amide bonds. The van der Waals surface area contributed by atoms with Crippen LogP contribution in [0.1, 0.15) is 36.4 Å². The summed E-state index contributed by atoms with van der Waals surface area (Å²) in [6.45, 7) is 3.05. The van der Waals surface area contributed by atoms with E-state index in [0.29, 0.717) is 6.04 Å². The van der Waals surface area contributed by atoms with Crippen molar-refractivity contribution in [2.45, 2.75) is 51.2 Å². The summed E-state index contributed by atoms with van der Waals surface area (Å²) >= 11 is 1.75. The van der Waals surface area contributed by atoms with E-state index in [1.54, 1.807) is 11.3 Å². The van der Waals surface area contributed by atoms with Crippen molar-refractivity contribution in [2.75, 3.05) is 6.54 Å². The zero-order valence-electron chi connectivity index (χ0n) is 9.78. The maximum Gasteiger partial charge on any atom is 0.0940 e. The van der Waals surface area contributed by atoms with Crippen molar-refractivity contribution in [3.63, 3.8) is 0 Å². The Hall–Kier alpha value is -0.450. The van der Waals surface area contributed by atoms with E-state index in [0.717, 1.165) is 44.3 Å². The zero-order chi connectivity index (χ0) is 11.4. The predicted octanol–water partition coefficient (Wildman–Crippen LogP) is 1.89. The lowest BCUT2D eigenvalue weighted by molar-refractivity contribution is 0.117. The Morgan fingerprint density at radius 1 is 1.44 bits per heavy atom. The lowest BCUT2D eigenvalue weighted by Crippen LogP contribution is -2.35. The van der Waals surface area contributed by atoms with Gasteiger partial charge >= 0.3 is 0 Å². The molecule has 16 heavy (non-hydrogen) atoms. The van der Waals surface area contributed by atoms with E-state index in [1.165, 1.54) is 5.01 Å². The third kappa shape index (κ3) is 3.54. The molecular formula is C12H20N2OS. The quantitative estimate of drug-likeness (QED) is 0.845. The zero-order valence-corrected chi connectivity index (χ0v) is 10.6. The second-order valence-corrected chi connectivity index (χ2v) is 5.53. The predicted molar refractivity (Wildman–Crippen MR) is 66.8 cm³/mol. The lowest BCUT2D eigenvalue weighted by Gasteiger charge is -2.26. The van der Waals surface area contributed by atoms with E-state index in [2.05, 4.69) is 15.7 Å². The summed E-state index contributed by atoms with van der Waals surface area (Å²) < 4.78 is 0. The highest BCUT2D eigenvalue weighted by Gasteiger charge is 2.18. The van der Waals surface area contributed by atoms with Crippen molar-refractivity contribution < 1.29 is 5.11 Å². The molecule has 0 aliphatic heterocycles. The highest BCUT2D eigenvalue weighted by Crippen LogP contribution is 2.18. The Morgan fingerprint density at radius 3 is 2.81 bits per heavy atom. The largest absolute Gasteiger partial charge is 0.393 e. The first-order valence-corrected chi connectivity index (χ1v) is 6.94. The minimum Gasteiger partial charge on any atom is -0.393 e. The van der Waals surface area contributed by atoms with Gasteiger partial charge in [-0.2, -0.15) is 0 Å². The van der Waals surface area contributed by atoms with E-state index in [4.69, 9.17) is 0 Å². The second-order valence-electron chi connectivity index (χ2n) is 4.59.